The molecule has 0 saturated heterocycles. The molecule has 0 bridgehead atoms. The Hall–Kier alpha value is -1.83. The Balaban J connectivity index is 5.00. The summed E-state index contributed by atoms with van der Waals surface area (Å²) < 4.78 is 9.29. The van der Waals surface area contributed by atoms with Crippen LogP contribution in [0.25, 0.3) is 0 Å². The molecule has 0 spiro atoms. The Morgan fingerprint density at radius 1 is 1.21 bits per heavy atom. The number of hydrogen-bond acceptors (Lipinski definition) is 5. The van der Waals surface area contributed by atoms with Crippen molar-refractivity contribution in [2.75, 3.05) is 14.2 Å². The highest BCUT2D eigenvalue weighted by atomic mass is 16.5. The second-order valence-corrected chi connectivity index (χ2v) is 4.17. The van der Waals surface area contributed by atoms with Gasteiger partial charge in [0.25, 0.3) is 0 Å². The van der Waals surface area contributed by atoms with Gasteiger partial charge in [-0.2, -0.15) is 5.26 Å². The number of unbranched alkanes of at least 4 members (excludes halogenated alkanes) is 2. The van der Waals surface area contributed by atoms with Gasteiger partial charge < -0.3 is 9.47 Å². The van der Waals surface area contributed by atoms with E-state index in [0.717, 1.165) is 19.3 Å². The lowest BCUT2D eigenvalue weighted by molar-refractivity contribution is -0.160. The molecule has 106 valence electrons. The number of methoxy groups -OCH3 is 2. The molecule has 0 aliphatic rings. The van der Waals surface area contributed by atoms with E-state index in [0.29, 0.717) is 6.42 Å². The summed E-state index contributed by atoms with van der Waals surface area (Å²) in [6.45, 7) is 2.07. The summed E-state index contributed by atoms with van der Waals surface area (Å²) in [6.07, 6.45) is 6.42. The Bertz CT molecular complexity index is 341. The van der Waals surface area contributed by atoms with Gasteiger partial charge in [0, 0.05) is 12.0 Å². The molecule has 5 nitrogen and oxygen atoms in total. The van der Waals surface area contributed by atoms with Gasteiger partial charge in [-0.15, -0.1) is 0 Å². The van der Waals surface area contributed by atoms with Crippen LogP contribution in [-0.4, -0.2) is 26.2 Å². The summed E-state index contributed by atoms with van der Waals surface area (Å²) in [6, 6.07) is 1.87. The van der Waals surface area contributed by atoms with Gasteiger partial charge in [0.2, 0.25) is 0 Å². The van der Waals surface area contributed by atoms with E-state index >= 15 is 0 Å². The van der Waals surface area contributed by atoms with Crippen LogP contribution >= 0.6 is 0 Å². The smallest absolute Gasteiger partial charge is 0.320 e. The van der Waals surface area contributed by atoms with Gasteiger partial charge in [-0.25, -0.2) is 0 Å². The van der Waals surface area contributed by atoms with E-state index < -0.39 is 17.9 Å². The fourth-order valence-electron chi connectivity index (χ4n) is 1.87. The Labute approximate surface area is 114 Å². The quantitative estimate of drug-likeness (QED) is 0.292. The number of rotatable bonds is 8. The fourth-order valence-corrected chi connectivity index (χ4v) is 1.87. The molecule has 0 amide bonds. The van der Waals surface area contributed by atoms with Crippen molar-refractivity contribution in [3.63, 3.8) is 0 Å². The summed E-state index contributed by atoms with van der Waals surface area (Å²) >= 11 is 0. The van der Waals surface area contributed by atoms with Crippen LogP contribution < -0.4 is 0 Å². The zero-order chi connectivity index (χ0) is 14.7. The number of esters is 2. The normalized spacial score (nSPS) is 12.2. The van der Waals surface area contributed by atoms with Gasteiger partial charge in [0.05, 0.1) is 20.3 Å². The van der Waals surface area contributed by atoms with Crippen molar-refractivity contribution < 1.29 is 19.1 Å². The van der Waals surface area contributed by atoms with E-state index in [1.807, 2.05) is 6.07 Å². The summed E-state index contributed by atoms with van der Waals surface area (Å²) in [5.41, 5.74) is 0. The van der Waals surface area contributed by atoms with E-state index in [1.54, 1.807) is 6.08 Å². The van der Waals surface area contributed by atoms with Crippen LogP contribution in [0.1, 0.15) is 32.6 Å². The molecule has 0 aromatic carbocycles. The molecule has 0 heterocycles. The van der Waals surface area contributed by atoms with Crippen molar-refractivity contribution in [1.82, 2.24) is 0 Å². The van der Waals surface area contributed by atoms with Gasteiger partial charge in [-0.3, -0.25) is 9.59 Å². The first-order valence-electron chi connectivity index (χ1n) is 6.34. The molecule has 1 atom stereocenters. The Kier molecular flexibility index (Phi) is 9.15. The van der Waals surface area contributed by atoms with Crippen molar-refractivity contribution in [3.8, 4) is 6.07 Å². The van der Waals surface area contributed by atoms with Gasteiger partial charge >= 0.3 is 11.9 Å². The van der Waals surface area contributed by atoms with Crippen LogP contribution in [0.5, 0.6) is 0 Å². The SMILES string of the molecule is CCCCCC(/C=C/C#N)C(C(=O)OC)C(=O)OC. The molecule has 19 heavy (non-hydrogen) atoms. The predicted molar refractivity (Wildman–Crippen MR) is 69.9 cm³/mol. The maximum absolute atomic E-state index is 11.7. The first kappa shape index (κ1) is 17.2. The molecule has 5 heteroatoms. The van der Waals surface area contributed by atoms with E-state index in [9.17, 15) is 9.59 Å². The maximum atomic E-state index is 11.7. The summed E-state index contributed by atoms with van der Waals surface area (Å²) in [5.74, 6) is -2.63. The molecule has 1 unspecified atom stereocenters. The Morgan fingerprint density at radius 3 is 2.21 bits per heavy atom. The van der Waals surface area contributed by atoms with Crippen molar-refractivity contribution in [2.45, 2.75) is 32.6 Å². The van der Waals surface area contributed by atoms with Crippen LogP contribution in [0, 0.1) is 23.2 Å². The van der Waals surface area contributed by atoms with Crippen molar-refractivity contribution in [1.29, 1.82) is 5.26 Å². The Morgan fingerprint density at radius 2 is 1.79 bits per heavy atom. The lowest BCUT2D eigenvalue weighted by Crippen LogP contribution is -2.32. The number of carbonyl (C=O) groups is 2. The maximum Gasteiger partial charge on any atom is 0.320 e. The highest BCUT2D eigenvalue weighted by Crippen LogP contribution is 2.23. The van der Waals surface area contributed by atoms with Crippen LogP contribution in [0.3, 0.4) is 0 Å². The third-order valence-corrected chi connectivity index (χ3v) is 2.90. The summed E-state index contributed by atoms with van der Waals surface area (Å²) in [4.78, 5) is 23.4. The third-order valence-electron chi connectivity index (χ3n) is 2.90. The molecule has 0 aliphatic heterocycles. The van der Waals surface area contributed by atoms with Crippen molar-refractivity contribution in [2.24, 2.45) is 11.8 Å². The zero-order valence-corrected chi connectivity index (χ0v) is 11.7. The molecule has 0 fully saturated rings. The minimum atomic E-state index is -1.00. The van der Waals surface area contributed by atoms with Crippen LogP contribution in [0.2, 0.25) is 0 Å². The minimum absolute atomic E-state index is 0.369. The van der Waals surface area contributed by atoms with E-state index in [-0.39, 0.29) is 5.92 Å². The summed E-state index contributed by atoms with van der Waals surface area (Å²) in [7, 11) is 2.46. The molecule has 0 N–H and O–H groups in total. The average Bonchev–Trinajstić information content (AvgIpc) is 2.43. The molecular weight excluding hydrogens is 246 g/mol. The lowest BCUT2D eigenvalue weighted by Gasteiger charge is -2.20. The number of nitrogens with zero attached hydrogens (tertiary/aromatic N) is 1. The van der Waals surface area contributed by atoms with Crippen LogP contribution in [0.15, 0.2) is 12.2 Å². The minimum Gasteiger partial charge on any atom is -0.468 e. The summed E-state index contributed by atoms with van der Waals surface area (Å²) in [5, 5.41) is 8.59. The molecule has 0 saturated carbocycles. The van der Waals surface area contributed by atoms with E-state index in [4.69, 9.17) is 5.26 Å². The van der Waals surface area contributed by atoms with Gasteiger partial charge in [0.15, 0.2) is 5.92 Å². The van der Waals surface area contributed by atoms with Gasteiger partial charge in [-0.1, -0.05) is 32.3 Å². The lowest BCUT2D eigenvalue weighted by atomic mass is 9.87. The largest absolute Gasteiger partial charge is 0.468 e. The highest BCUT2D eigenvalue weighted by molar-refractivity contribution is 5.95. The number of hydrogen-bond donors (Lipinski definition) is 0. The zero-order valence-electron chi connectivity index (χ0n) is 11.7. The molecule has 0 radical (unpaired) electrons. The third kappa shape index (κ3) is 6.05. The van der Waals surface area contributed by atoms with Crippen LogP contribution in [-0.2, 0) is 19.1 Å². The van der Waals surface area contributed by atoms with Crippen molar-refractivity contribution >= 4 is 11.9 Å². The predicted octanol–water partition coefficient (Wildman–Crippen LogP) is 2.22. The fraction of sp³-hybridized carbons (Fsp3) is 0.643. The van der Waals surface area contributed by atoms with E-state index in [1.165, 1.54) is 20.3 Å². The topological polar surface area (TPSA) is 76.4 Å². The first-order chi connectivity index (χ1) is 9.12. The molecular formula is C14H21NO4. The van der Waals surface area contributed by atoms with Crippen molar-refractivity contribution in [3.05, 3.63) is 12.2 Å². The first-order valence-corrected chi connectivity index (χ1v) is 6.34. The monoisotopic (exact) mass is 267 g/mol. The number of ether oxygens (including phenoxy) is 2. The molecule has 0 rings (SSSR count). The van der Waals surface area contributed by atoms with Gasteiger partial charge in [0.1, 0.15) is 0 Å². The molecule has 0 aromatic rings. The number of nitriles is 1. The highest BCUT2D eigenvalue weighted by Gasteiger charge is 2.35. The molecule has 0 aromatic heterocycles. The second kappa shape index (κ2) is 10.1. The standard InChI is InChI=1S/C14H21NO4/c1-4-5-6-8-11(9-7-10-15)12(13(16)18-2)14(17)19-3/h7,9,11-12H,4-6,8H2,1-3H3/b9-7+. The number of allylic oxidation sites excluding steroid dienone is 2. The van der Waals surface area contributed by atoms with E-state index in [2.05, 4.69) is 16.4 Å². The van der Waals surface area contributed by atoms with Crippen LogP contribution in [0.4, 0.5) is 0 Å². The number of carbonyl (C=O) groups excluding carboxylic acids is 2. The molecule has 0 aliphatic carbocycles. The average molecular weight is 267 g/mol. The van der Waals surface area contributed by atoms with Gasteiger partial charge in [-0.05, 0) is 6.42 Å². The second-order valence-electron chi connectivity index (χ2n) is 4.17.